The Morgan fingerprint density at radius 2 is 1.17 bits per heavy atom. The highest BCUT2D eigenvalue weighted by Crippen LogP contribution is 2.66. The van der Waals surface area contributed by atoms with Crippen LogP contribution in [0, 0.1) is 11.8 Å². The van der Waals surface area contributed by atoms with Gasteiger partial charge in [-0.1, -0.05) is 150 Å². The fraction of sp³-hybridized carbons (Fsp3) is 0.465. The van der Waals surface area contributed by atoms with Crippen LogP contribution in [0.25, 0.3) is 22.1 Å². The molecule has 2 aliphatic heterocycles. The Kier molecular flexibility index (Phi) is 9.60. The molecule has 4 heteroatoms. The van der Waals surface area contributed by atoms with Gasteiger partial charge in [-0.3, -0.25) is 0 Å². The molecule has 75 heavy (non-hydrogen) atoms. The van der Waals surface area contributed by atoms with E-state index in [1.807, 2.05) is 0 Å². The van der Waals surface area contributed by atoms with Gasteiger partial charge in [0.2, 0.25) is 0 Å². The van der Waals surface area contributed by atoms with Crippen LogP contribution in [0.3, 0.4) is 0 Å². The second-order valence-corrected chi connectivity index (χ2v) is 29.2. The molecule has 382 valence electrons. The predicted molar refractivity (Wildman–Crippen MR) is 317 cm³/mol. The smallest absolute Gasteiger partial charge is 0.297 e. The second kappa shape index (κ2) is 15.4. The molecule has 3 heterocycles. The molecule has 1 spiro atoms. The lowest BCUT2D eigenvalue weighted by molar-refractivity contribution is 0.327. The van der Waals surface area contributed by atoms with Gasteiger partial charge in [0, 0.05) is 39.2 Å². The van der Waals surface area contributed by atoms with Gasteiger partial charge in [-0.25, -0.2) is 0 Å². The van der Waals surface area contributed by atoms with Crippen LogP contribution in [0.4, 0.5) is 34.1 Å². The number of hydrogen-bond acceptors (Lipinski definition) is 3. The van der Waals surface area contributed by atoms with Crippen LogP contribution in [0.2, 0.25) is 0 Å². The minimum atomic E-state index is -0.0897. The second-order valence-electron chi connectivity index (χ2n) is 29.2. The number of hydrogen-bond donors (Lipinski definition) is 0. The first-order chi connectivity index (χ1) is 35.7. The van der Waals surface area contributed by atoms with Crippen molar-refractivity contribution < 1.29 is 4.42 Å². The standard InChI is InChI=1S/C71H79BN2O/c1-66(2,3)45-23-28-62-51(36-45)64-65(75-62)72-58-39-56-57(70(10,11)32-31-69(56,8)9)40-59(58)73(47-24-26-50-49-19-15-16-20-52(49)71(54(50)37-47)41-42-21-22-46(71)33-42)60-34-44(43-17-13-12-14-18-43)35-61(63(60)72)74(64)48-25-27-53-55(38-48)68(6,7)30-29-67(53,4)5/h15-16,19-20,23-28,34-40,42-43,46H,12-14,17-18,21-22,29-33,41H2,1-11H3. The molecule has 0 radical (unpaired) electrons. The van der Waals surface area contributed by atoms with Gasteiger partial charge < -0.3 is 14.2 Å². The topological polar surface area (TPSA) is 19.6 Å². The minimum absolute atomic E-state index is 0.0261. The lowest BCUT2D eigenvalue weighted by Crippen LogP contribution is -2.61. The highest BCUT2D eigenvalue weighted by atomic mass is 16.3. The Morgan fingerprint density at radius 3 is 1.87 bits per heavy atom. The summed E-state index contributed by atoms with van der Waals surface area (Å²) in [4.78, 5) is 5.53. The predicted octanol–water partition coefficient (Wildman–Crippen LogP) is 17.6. The van der Waals surface area contributed by atoms with Crippen molar-refractivity contribution in [2.75, 3.05) is 9.80 Å². The van der Waals surface area contributed by atoms with Gasteiger partial charge in [-0.05, 0) is 224 Å². The van der Waals surface area contributed by atoms with Crippen LogP contribution in [-0.2, 0) is 32.5 Å². The summed E-state index contributed by atoms with van der Waals surface area (Å²) in [7, 11) is 0. The summed E-state index contributed by atoms with van der Waals surface area (Å²) in [6, 6.07) is 42.9. The van der Waals surface area contributed by atoms with Crippen LogP contribution in [0.15, 0.2) is 108 Å². The lowest BCUT2D eigenvalue weighted by atomic mass is 9.35. The van der Waals surface area contributed by atoms with Crippen molar-refractivity contribution in [2.24, 2.45) is 11.8 Å². The average Bonchev–Trinajstić information content (AvgIpc) is 4.41. The van der Waals surface area contributed by atoms with Gasteiger partial charge in [0.05, 0.1) is 11.3 Å². The third-order valence-electron chi connectivity index (χ3n) is 22.0. The summed E-state index contributed by atoms with van der Waals surface area (Å²) in [5.74, 6) is 2.02. The molecule has 3 saturated carbocycles. The van der Waals surface area contributed by atoms with E-state index in [1.54, 1.807) is 11.1 Å². The Hall–Kier alpha value is -5.48. The number of rotatable bonds is 3. The van der Waals surface area contributed by atoms with E-state index in [-0.39, 0.29) is 39.2 Å². The summed E-state index contributed by atoms with van der Waals surface area (Å²) < 4.78 is 7.65. The Bertz CT molecular complexity index is 3590. The first-order valence-electron chi connectivity index (χ1n) is 29.7. The monoisotopic (exact) mass is 987 g/mol. The molecule has 8 aliphatic rings. The summed E-state index contributed by atoms with van der Waals surface area (Å²) in [5.41, 5.74) is 28.0. The molecular formula is C71H79BN2O. The summed E-state index contributed by atoms with van der Waals surface area (Å²) in [5, 5.41) is 1.22. The summed E-state index contributed by atoms with van der Waals surface area (Å²) in [6.45, 7) is 27.0. The normalized spacial score (nSPS) is 24.9. The Balaban J connectivity index is 1.06. The van der Waals surface area contributed by atoms with Crippen molar-refractivity contribution in [3.8, 4) is 11.1 Å². The van der Waals surface area contributed by atoms with Gasteiger partial charge in [-0.2, -0.15) is 0 Å². The average molecular weight is 987 g/mol. The molecule has 0 amide bonds. The van der Waals surface area contributed by atoms with Gasteiger partial charge >= 0.3 is 0 Å². The van der Waals surface area contributed by atoms with Gasteiger partial charge in [-0.15, -0.1) is 0 Å². The van der Waals surface area contributed by atoms with Crippen LogP contribution in [0.1, 0.15) is 210 Å². The van der Waals surface area contributed by atoms with Crippen LogP contribution in [-0.4, -0.2) is 6.71 Å². The van der Waals surface area contributed by atoms with E-state index in [1.165, 1.54) is 178 Å². The van der Waals surface area contributed by atoms with Crippen LogP contribution < -0.4 is 26.4 Å². The first-order valence-corrected chi connectivity index (χ1v) is 29.7. The fourth-order valence-electron chi connectivity index (χ4n) is 17.5. The first kappa shape index (κ1) is 46.8. The molecule has 2 bridgehead atoms. The number of benzene rings is 6. The maximum Gasteiger partial charge on any atom is 0.297 e. The zero-order valence-electron chi connectivity index (χ0n) is 47.1. The van der Waals surface area contributed by atoms with E-state index in [9.17, 15) is 0 Å². The molecule has 3 atom stereocenters. The van der Waals surface area contributed by atoms with E-state index in [0.29, 0.717) is 11.8 Å². The highest BCUT2D eigenvalue weighted by molar-refractivity contribution is 7.00. The zero-order valence-corrected chi connectivity index (χ0v) is 47.1. The molecule has 1 aromatic heterocycles. The maximum atomic E-state index is 7.65. The number of anilines is 6. The molecule has 3 fully saturated rings. The Morgan fingerprint density at radius 1 is 0.547 bits per heavy atom. The Labute approximate surface area is 449 Å². The van der Waals surface area contributed by atoms with Crippen LogP contribution >= 0.6 is 0 Å². The van der Waals surface area contributed by atoms with E-state index in [0.717, 1.165) is 17.2 Å². The van der Waals surface area contributed by atoms with Gasteiger partial charge in [0.25, 0.3) is 6.71 Å². The van der Waals surface area contributed by atoms with E-state index in [2.05, 4.69) is 189 Å². The molecule has 6 aliphatic carbocycles. The molecule has 3 nitrogen and oxygen atoms in total. The molecule has 3 unspecified atom stereocenters. The minimum Gasteiger partial charge on any atom is -0.468 e. The number of furan rings is 1. The number of nitrogens with zero attached hydrogens (tertiary/aromatic N) is 2. The van der Waals surface area contributed by atoms with Crippen LogP contribution in [0.5, 0.6) is 0 Å². The largest absolute Gasteiger partial charge is 0.468 e. The fourth-order valence-corrected chi connectivity index (χ4v) is 17.5. The lowest BCUT2D eigenvalue weighted by Gasteiger charge is -2.47. The molecule has 0 saturated heterocycles. The van der Waals surface area contributed by atoms with E-state index < -0.39 is 0 Å². The molecule has 0 N–H and O–H groups in total. The van der Waals surface area contributed by atoms with Crippen molar-refractivity contribution in [2.45, 2.75) is 198 Å². The van der Waals surface area contributed by atoms with E-state index >= 15 is 0 Å². The SMILES string of the molecule is CC(C)(C)c1ccc2oc3c(c2c1)N(c1ccc2c(c1)C(C)(C)CCC2(C)C)c1cc(C2CCCCC2)cc2c1B3c1cc3c(cc1N2c1ccc2c(c1)C1(CC4CCC1C4)c1ccccc1-2)C(C)(C)CCC3(C)C. The van der Waals surface area contributed by atoms with Crippen molar-refractivity contribution >= 4 is 68.4 Å². The quantitative estimate of drug-likeness (QED) is 0.165. The van der Waals surface area contributed by atoms with Crippen molar-refractivity contribution in [3.63, 3.8) is 0 Å². The molecular weight excluding hydrogens is 908 g/mol. The molecule has 6 aromatic carbocycles. The van der Waals surface area contributed by atoms with Gasteiger partial charge in [0.15, 0.2) is 0 Å². The molecule has 15 rings (SSSR count). The third kappa shape index (κ3) is 6.47. The molecule has 7 aromatic rings. The maximum absolute atomic E-state index is 7.65. The summed E-state index contributed by atoms with van der Waals surface area (Å²) in [6.07, 6.45) is 16.5. The summed E-state index contributed by atoms with van der Waals surface area (Å²) >= 11 is 0. The van der Waals surface area contributed by atoms with Crippen molar-refractivity contribution in [1.29, 1.82) is 0 Å². The zero-order chi connectivity index (χ0) is 51.5. The van der Waals surface area contributed by atoms with Gasteiger partial charge in [0.1, 0.15) is 5.58 Å². The van der Waals surface area contributed by atoms with Crippen molar-refractivity contribution in [3.05, 3.63) is 148 Å². The highest BCUT2D eigenvalue weighted by Gasteiger charge is 2.57. The van der Waals surface area contributed by atoms with E-state index in [4.69, 9.17) is 4.42 Å². The third-order valence-corrected chi connectivity index (χ3v) is 22.0. The van der Waals surface area contributed by atoms with Crippen molar-refractivity contribution in [1.82, 2.24) is 0 Å². The number of fused-ring (bicyclic) bond motifs is 16.